The minimum Gasteiger partial charge on any atom is -0.497 e. The maximum atomic E-state index is 14.1. The van der Waals surface area contributed by atoms with Gasteiger partial charge in [-0.2, -0.15) is 0 Å². The molecule has 0 bridgehead atoms. The van der Waals surface area contributed by atoms with Crippen molar-refractivity contribution in [2.24, 2.45) is 0 Å². The van der Waals surface area contributed by atoms with Gasteiger partial charge in [0.2, 0.25) is 5.91 Å². The second kappa shape index (κ2) is 8.12. The second-order valence-corrected chi connectivity index (χ2v) is 10.4. The molecule has 176 valence electrons. The predicted octanol–water partition coefficient (Wildman–Crippen LogP) is 5.09. The van der Waals surface area contributed by atoms with Crippen molar-refractivity contribution in [2.75, 3.05) is 7.11 Å². The van der Waals surface area contributed by atoms with Crippen LogP contribution in [0.5, 0.6) is 5.75 Å². The zero-order chi connectivity index (χ0) is 24.1. The molecule has 2 amide bonds. The number of nitrogens with zero attached hydrogens (tertiary/aromatic N) is 2. The summed E-state index contributed by atoms with van der Waals surface area (Å²) in [7, 11) is 1.63. The van der Waals surface area contributed by atoms with Crippen molar-refractivity contribution in [3.63, 3.8) is 0 Å². The smallest absolute Gasteiger partial charge is 0.257 e. The lowest BCUT2D eigenvalue weighted by molar-refractivity contribution is -0.133. The Morgan fingerprint density at radius 2 is 1.76 bits per heavy atom. The summed E-state index contributed by atoms with van der Waals surface area (Å²) >= 11 is 0. The van der Waals surface area contributed by atoms with Crippen molar-refractivity contribution < 1.29 is 14.3 Å². The molecule has 1 N–H and O–H groups in total. The van der Waals surface area contributed by atoms with E-state index in [0.29, 0.717) is 30.7 Å². The van der Waals surface area contributed by atoms with Crippen LogP contribution in [0.4, 0.5) is 0 Å². The molecule has 0 atom stereocenters. The molecule has 3 aromatic rings. The number of nitrogens with one attached hydrogen (secondary N) is 1. The van der Waals surface area contributed by atoms with E-state index in [9.17, 15) is 9.59 Å². The fourth-order valence-corrected chi connectivity index (χ4v) is 5.41. The van der Waals surface area contributed by atoms with Gasteiger partial charge in [-0.25, -0.2) is 0 Å². The van der Waals surface area contributed by atoms with Crippen LogP contribution in [-0.2, 0) is 11.3 Å². The van der Waals surface area contributed by atoms with Gasteiger partial charge in [0.05, 0.1) is 30.4 Å². The number of hydrogen-bond acceptors (Lipinski definition) is 4. The van der Waals surface area contributed by atoms with Crippen LogP contribution < -0.4 is 10.1 Å². The first kappa shape index (κ1) is 22.4. The molecule has 0 spiro atoms. The number of pyridine rings is 1. The summed E-state index contributed by atoms with van der Waals surface area (Å²) in [5.41, 5.74) is 2.74. The Kier molecular flexibility index (Phi) is 5.34. The molecule has 0 saturated heterocycles. The first-order valence-corrected chi connectivity index (χ1v) is 11.9. The molecule has 1 aromatic heterocycles. The summed E-state index contributed by atoms with van der Waals surface area (Å²) in [5, 5.41) is 4.02. The molecule has 34 heavy (non-hydrogen) atoms. The van der Waals surface area contributed by atoms with Crippen molar-refractivity contribution in [2.45, 2.75) is 64.1 Å². The van der Waals surface area contributed by atoms with E-state index >= 15 is 0 Å². The number of aromatic nitrogens is 1. The fourth-order valence-electron chi connectivity index (χ4n) is 5.41. The molecule has 6 nitrogen and oxygen atoms in total. The zero-order valence-electron chi connectivity index (χ0n) is 20.3. The number of carbonyl (C=O) groups excluding carboxylic acids is 2. The standard InChI is InChI=1S/C28H31N3O3/c1-27(2,3)30-26(33)28(14-8-9-15-28)31-17-22-24(25(31)32)23(18-10-6-5-7-11-18)20-16-19(34-4)12-13-21(20)29-22/h5-7,10-13,16H,8-9,14-15,17H2,1-4H3,(H,30,33). The highest BCUT2D eigenvalue weighted by molar-refractivity contribution is 6.13. The molecule has 5 rings (SSSR count). The largest absolute Gasteiger partial charge is 0.497 e. The van der Waals surface area contributed by atoms with Crippen molar-refractivity contribution in [3.05, 3.63) is 59.8 Å². The number of rotatable bonds is 4. The number of fused-ring (bicyclic) bond motifs is 2. The molecule has 0 radical (unpaired) electrons. The van der Waals surface area contributed by atoms with Crippen molar-refractivity contribution >= 4 is 22.7 Å². The highest BCUT2D eigenvalue weighted by Crippen LogP contribution is 2.44. The number of amides is 2. The van der Waals surface area contributed by atoms with Crippen LogP contribution in [0.15, 0.2) is 48.5 Å². The average Bonchev–Trinajstić information content (AvgIpc) is 3.43. The Labute approximate surface area is 200 Å². The lowest BCUT2D eigenvalue weighted by atomic mass is 9.91. The third-order valence-electron chi connectivity index (χ3n) is 6.95. The lowest BCUT2D eigenvalue weighted by Gasteiger charge is -2.39. The summed E-state index contributed by atoms with van der Waals surface area (Å²) in [6.45, 7) is 6.27. The minimum atomic E-state index is -0.844. The van der Waals surface area contributed by atoms with Crippen LogP contribution in [0.3, 0.4) is 0 Å². The third-order valence-corrected chi connectivity index (χ3v) is 6.95. The van der Waals surface area contributed by atoms with E-state index in [1.807, 2.05) is 69.3 Å². The van der Waals surface area contributed by atoms with E-state index in [0.717, 1.165) is 40.6 Å². The summed E-state index contributed by atoms with van der Waals surface area (Å²) in [5.74, 6) is 0.536. The van der Waals surface area contributed by atoms with E-state index in [2.05, 4.69) is 5.32 Å². The highest BCUT2D eigenvalue weighted by Gasteiger charge is 2.52. The van der Waals surface area contributed by atoms with Crippen molar-refractivity contribution in [1.82, 2.24) is 15.2 Å². The van der Waals surface area contributed by atoms with Crippen LogP contribution in [0.2, 0.25) is 0 Å². The quantitative estimate of drug-likeness (QED) is 0.592. The molecular formula is C28H31N3O3. The predicted molar refractivity (Wildman–Crippen MR) is 133 cm³/mol. The van der Waals surface area contributed by atoms with Gasteiger partial charge in [-0.05, 0) is 57.4 Å². The van der Waals surface area contributed by atoms with Gasteiger partial charge >= 0.3 is 0 Å². The van der Waals surface area contributed by atoms with Gasteiger partial charge < -0.3 is 15.0 Å². The van der Waals surface area contributed by atoms with Crippen LogP contribution in [0.25, 0.3) is 22.0 Å². The first-order chi connectivity index (χ1) is 16.2. The van der Waals surface area contributed by atoms with E-state index in [-0.39, 0.29) is 17.4 Å². The van der Waals surface area contributed by atoms with Crippen molar-refractivity contribution in [1.29, 1.82) is 0 Å². The number of carbonyl (C=O) groups is 2. The van der Waals surface area contributed by atoms with Gasteiger partial charge in [-0.1, -0.05) is 43.2 Å². The Bertz CT molecular complexity index is 1270. The molecule has 0 unspecified atom stereocenters. The Morgan fingerprint density at radius 1 is 1.06 bits per heavy atom. The van der Waals surface area contributed by atoms with E-state index in [1.54, 1.807) is 12.0 Å². The molecule has 2 aliphatic rings. The topological polar surface area (TPSA) is 71.5 Å². The van der Waals surface area contributed by atoms with Gasteiger partial charge in [0.25, 0.3) is 5.91 Å². The Hall–Kier alpha value is -3.41. The monoisotopic (exact) mass is 457 g/mol. The average molecular weight is 458 g/mol. The summed E-state index contributed by atoms with van der Waals surface area (Å²) in [6, 6.07) is 15.7. The third kappa shape index (κ3) is 3.61. The van der Waals surface area contributed by atoms with Gasteiger partial charge in [0, 0.05) is 16.5 Å². The minimum absolute atomic E-state index is 0.0638. The fraction of sp³-hybridized carbons (Fsp3) is 0.393. The second-order valence-electron chi connectivity index (χ2n) is 10.4. The van der Waals surface area contributed by atoms with Gasteiger partial charge in [-0.15, -0.1) is 0 Å². The van der Waals surface area contributed by atoms with Crippen LogP contribution in [-0.4, -0.2) is 39.9 Å². The molecule has 1 aliphatic heterocycles. The molecule has 6 heteroatoms. The number of hydrogen-bond donors (Lipinski definition) is 1. The molecular weight excluding hydrogens is 426 g/mol. The Balaban J connectivity index is 1.69. The van der Waals surface area contributed by atoms with Crippen LogP contribution >= 0.6 is 0 Å². The number of methoxy groups -OCH3 is 1. The first-order valence-electron chi connectivity index (χ1n) is 11.9. The number of benzene rings is 2. The number of ether oxygens (including phenoxy) is 1. The summed E-state index contributed by atoms with van der Waals surface area (Å²) in [6.07, 6.45) is 3.19. The van der Waals surface area contributed by atoms with Gasteiger partial charge in [0.15, 0.2) is 0 Å². The molecule has 2 heterocycles. The zero-order valence-corrected chi connectivity index (χ0v) is 20.3. The van der Waals surface area contributed by atoms with Crippen LogP contribution in [0, 0.1) is 0 Å². The highest BCUT2D eigenvalue weighted by atomic mass is 16.5. The summed E-state index contributed by atoms with van der Waals surface area (Å²) in [4.78, 5) is 34.4. The normalized spacial score (nSPS) is 17.2. The van der Waals surface area contributed by atoms with E-state index < -0.39 is 5.54 Å². The molecule has 1 saturated carbocycles. The molecule has 1 aliphatic carbocycles. The van der Waals surface area contributed by atoms with Crippen LogP contribution in [0.1, 0.15) is 62.5 Å². The van der Waals surface area contributed by atoms with Gasteiger partial charge in [0.1, 0.15) is 11.3 Å². The lowest BCUT2D eigenvalue weighted by Crippen LogP contribution is -2.60. The summed E-state index contributed by atoms with van der Waals surface area (Å²) < 4.78 is 5.48. The molecule has 2 aromatic carbocycles. The SMILES string of the molecule is COc1ccc2nc3c(c(-c4ccccc4)c2c1)C(=O)N(C1(C(=O)NC(C)(C)C)CCCC1)C3. The Morgan fingerprint density at radius 3 is 2.41 bits per heavy atom. The van der Waals surface area contributed by atoms with Crippen molar-refractivity contribution in [3.8, 4) is 16.9 Å². The maximum Gasteiger partial charge on any atom is 0.257 e. The van der Waals surface area contributed by atoms with E-state index in [1.165, 1.54) is 0 Å². The molecule has 1 fully saturated rings. The van der Waals surface area contributed by atoms with Gasteiger partial charge in [-0.3, -0.25) is 14.6 Å². The maximum absolute atomic E-state index is 14.1. The van der Waals surface area contributed by atoms with E-state index in [4.69, 9.17) is 9.72 Å².